The monoisotopic (exact) mass is 232 g/mol. The van der Waals surface area contributed by atoms with Gasteiger partial charge in [0, 0.05) is 18.7 Å². The molecule has 0 saturated carbocycles. The van der Waals surface area contributed by atoms with Gasteiger partial charge in [0.05, 0.1) is 0 Å². The minimum Gasteiger partial charge on any atom is -0.441 e. The average molecular weight is 232 g/mol. The first kappa shape index (κ1) is 12.0. The number of hydrogen-bond donors (Lipinski definition) is 1. The number of aromatic nitrogens is 1. The zero-order valence-electron chi connectivity index (χ0n) is 10.9. The van der Waals surface area contributed by atoms with Crippen molar-refractivity contribution in [2.75, 3.05) is 5.32 Å². The van der Waals surface area contributed by atoms with E-state index < -0.39 is 0 Å². The molecule has 2 atom stereocenters. The summed E-state index contributed by atoms with van der Waals surface area (Å²) in [5.74, 6) is 1.37. The maximum atomic E-state index is 5.46. The summed E-state index contributed by atoms with van der Waals surface area (Å²) in [7, 11) is 0. The Balaban J connectivity index is 2.18. The lowest BCUT2D eigenvalue weighted by molar-refractivity contribution is 0.495. The fraction of sp³-hybridized carbons (Fsp3) is 0.500. The van der Waals surface area contributed by atoms with E-state index in [1.54, 1.807) is 0 Å². The SMILES string of the molecule is CCC(C)C(C)Nc1ccc2oc(C)nc2c1. The van der Waals surface area contributed by atoms with Gasteiger partial charge in [-0.25, -0.2) is 4.98 Å². The number of nitrogens with one attached hydrogen (secondary N) is 1. The first-order chi connectivity index (χ1) is 8.10. The van der Waals surface area contributed by atoms with Gasteiger partial charge in [-0.1, -0.05) is 20.3 Å². The van der Waals surface area contributed by atoms with Gasteiger partial charge >= 0.3 is 0 Å². The van der Waals surface area contributed by atoms with Crippen LogP contribution in [0, 0.1) is 12.8 Å². The second-order valence-corrected chi connectivity index (χ2v) is 4.73. The minimum absolute atomic E-state index is 0.463. The topological polar surface area (TPSA) is 38.1 Å². The lowest BCUT2D eigenvalue weighted by Crippen LogP contribution is -2.23. The van der Waals surface area contributed by atoms with E-state index in [1.165, 1.54) is 6.42 Å². The Bertz CT molecular complexity index is 504. The van der Waals surface area contributed by atoms with E-state index in [0.717, 1.165) is 16.8 Å². The summed E-state index contributed by atoms with van der Waals surface area (Å²) < 4.78 is 5.46. The highest BCUT2D eigenvalue weighted by Gasteiger charge is 2.10. The third-order valence-electron chi connectivity index (χ3n) is 3.39. The maximum absolute atomic E-state index is 5.46. The van der Waals surface area contributed by atoms with Gasteiger partial charge < -0.3 is 9.73 Å². The van der Waals surface area contributed by atoms with Gasteiger partial charge in [0.2, 0.25) is 0 Å². The van der Waals surface area contributed by atoms with Crippen molar-refractivity contribution in [1.29, 1.82) is 0 Å². The molecule has 2 aromatic rings. The molecule has 1 heterocycles. The van der Waals surface area contributed by atoms with Crippen LogP contribution < -0.4 is 5.32 Å². The summed E-state index contributed by atoms with van der Waals surface area (Å²) in [4.78, 5) is 4.34. The zero-order valence-corrected chi connectivity index (χ0v) is 10.9. The Labute approximate surface area is 102 Å². The number of aryl methyl sites for hydroxylation is 1. The number of oxazole rings is 1. The lowest BCUT2D eigenvalue weighted by Gasteiger charge is -2.20. The molecule has 1 aromatic heterocycles. The van der Waals surface area contributed by atoms with Crippen molar-refractivity contribution in [2.45, 2.75) is 40.2 Å². The largest absolute Gasteiger partial charge is 0.441 e. The summed E-state index contributed by atoms with van der Waals surface area (Å²) >= 11 is 0. The van der Waals surface area contributed by atoms with Crippen molar-refractivity contribution in [3.8, 4) is 0 Å². The summed E-state index contributed by atoms with van der Waals surface area (Å²) in [6.07, 6.45) is 1.18. The lowest BCUT2D eigenvalue weighted by atomic mass is 10.0. The van der Waals surface area contributed by atoms with Crippen LogP contribution in [0.15, 0.2) is 22.6 Å². The first-order valence-corrected chi connectivity index (χ1v) is 6.24. The molecule has 1 aromatic carbocycles. The van der Waals surface area contributed by atoms with Crippen LogP contribution in [-0.2, 0) is 0 Å². The highest BCUT2D eigenvalue weighted by atomic mass is 16.3. The molecule has 0 aliphatic heterocycles. The van der Waals surface area contributed by atoms with E-state index in [-0.39, 0.29) is 0 Å². The van der Waals surface area contributed by atoms with Crippen LogP contribution in [0.5, 0.6) is 0 Å². The molecule has 0 amide bonds. The molecule has 92 valence electrons. The molecule has 2 rings (SSSR count). The third-order valence-corrected chi connectivity index (χ3v) is 3.39. The highest BCUT2D eigenvalue weighted by molar-refractivity contribution is 5.77. The number of hydrogen-bond acceptors (Lipinski definition) is 3. The second kappa shape index (κ2) is 4.78. The minimum atomic E-state index is 0.463. The molecule has 0 fully saturated rings. The molecule has 3 nitrogen and oxygen atoms in total. The van der Waals surface area contributed by atoms with Crippen LogP contribution in [-0.4, -0.2) is 11.0 Å². The molecular formula is C14H20N2O. The van der Waals surface area contributed by atoms with Crippen molar-refractivity contribution in [2.24, 2.45) is 5.92 Å². The van der Waals surface area contributed by atoms with Gasteiger partial charge in [-0.3, -0.25) is 0 Å². The van der Waals surface area contributed by atoms with Crippen molar-refractivity contribution >= 4 is 16.8 Å². The Morgan fingerprint density at radius 2 is 2.12 bits per heavy atom. The van der Waals surface area contributed by atoms with E-state index in [4.69, 9.17) is 4.42 Å². The smallest absolute Gasteiger partial charge is 0.192 e. The molecule has 1 N–H and O–H groups in total. The van der Waals surface area contributed by atoms with Crippen LogP contribution in [0.1, 0.15) is 33.1 Å². The highest BCUT2D eigenvalue weighted by Crippen LogP contribution is 2.21. The fourth-order valence-corrected chi connectivity index (χ4v) is 1.89. The normalized spacial score (nSPS) is 14.8. The van der Waals surface area contributed by atoms with E-state index in [9.17, 15) is 0 Å². The molecule has 17 heavy (non-hydrogen) atoms. The standard InChI is InChI=1S/C14H20N2O/c1-5-9(2)10(3)15-12-6-7-14-13(8-12)16-11(4)17-14/h6-10,15H,5H2,1-4H3. The van der Waals surface area contributed by atoms with E-state index in [2.05, 4.69) is 31.1 Å². The van der Waals surface area contributed by atoms with Gasteiger partial charge in [-0.15, -0.1) is 0 Å². The average Bonchev–Trinajstić information content (AvgIpc) is 2.67. The molecule has 0 spiro atoms. The van der Waals surface area contributed by atoms with Crippen LogP contribution >= 0.6 is 0 Å². The number of fused-ring (bicyclic) bond motifs is 1. The van der Waals surface area contributed by atoms with E-state index in [1.807, 2.05) is 25.1 Å². The van der Waals surface area contributed by atoms with Crippen LogP contribution in [0.3, 0.4) is 0 Å². The zero-order chi connectivity index (χ0) is 12.4. The Morgan fingerprint density at radius 1 is 1.35 bits per heavy atom. The van der Waals surface area contributed by atoms with Crippen LogP contribution in [0.2, 0.25) is 0 Å². The van der Waals surface area contributed by atoms with Gasteiger partial charge in [0.15, 0.2) is 11.5 Å². The van der Waals surface area contributed by atoms with Gasteiger partial charge in [0.1, 0.15) is 5.52 Å². The Hall–Kier alpha value is -1.51. The summed E-state index contributed by atoms with van der Waals surface area (Å²) in [6.45, 7) is 8.56. The third kappa shape index (κ3) is 2.60. The summed E-state index contributed by atoms with van der Waals surface area (Å²) in [5.41, 5.74) is 2.88. The van der Waals surface area contributed by atoms with E-state index in [0.29, 0.717) is 17.9 Å². The second-order valence-electron chi connectivity index (χ2n) is 4.73. The number of benzene rings is 1. The molecule has 3 heteroatoms. The van der Waals surface area contributed by atoms with Crippen LogP contribution in [0.4, 0.5) is 5.69 Å². The van der Waals surface area contributed by atoms with Crippen molar-refractivity contribution < 1.29 is 4.42 Å². The van der Waals surface area contributed by atoms with Gasteiger partial charge in [-0.05, 0) is 31.0 Å². The fourth-order valence-electron chi connectivity index (χ4n) is 1.89. The Kier molecular flexibility index (Phi) is 3.36. The molecule has 0 aliphatic rings. The molecule has 0 radical (unpaired) electrons. The van der Waals surface area contributed by atoms with Crippen molar-refractivity contribution in [3.05, 3.63) is 24.1 Å². The summed E-state index contributed by atoms with van der Waals surface area (Å²) in [6, 6.07) is 6.53. The number of nitrogens with zero attached hydrogens (tertiary/aromatic N) is 1. The van der Waals surface area contributed by atoms with Crippen molar-refractivity contribution in [1.82, 2.24) is 4.98 Å². The number of rotatable bonds is 4. The Morgan fingerprint density at radius 3 is 2.82 bits per heavy atom. The molecule has 0 saturated heterocycles. The molecule has 0 bridgehead atoms. The summed E-state index contributed by atoms with van der Waals surface area (Å²) in [5, 5.41) is 3.51. The van der Waals surface area contributed by atoms with E-state index >= 15 is 0 Å². The van der Waals surface area contributed by atoms with Crippen molar-refractivity contribution in [3.63, 3.8) is 0 Å². The molecule has 2 unspecified atom stereocenters. The van der Waals surface area contributed by atoms with Crippen LogP contribution in [0.25, 0.3) is 11.1 Å². The van der Waals surface area contributed by atoms with Gasteiger partial charge in [0.25, 0.3) is 0 Å². The quantitative estimate of drug-likeness (QED) is 0.866. The predicted molar refractivity (Wildman–Crippen MR) is 71.3 cm³/mol. The van der Waals surface area contributed by atoms with Gasteiger partial charge in [-0.2, -0.15) is 0 Å². The number of anilines is 1. The molecular weight excluding hydrogens is 212 g/mol. The predicted octanol–water partition coefficient (Wildman–Crippen LogP) is 3.98. The maximum Gasteiger partial charge on any atom is 0.192 e. The molecule has 0 aliphatic carbocycles. The first-order valence-electron chi connectivity index (χ1n) is 6.24.